The predicted molar refractivity (Wildman–Crippen MR) is 59.3 cm³/mol. The minimum atomic E-state index is -0.590. The minimum Gasteiger partial charge on any atom is -0.446 e. The maximum absolute atomic E-state index is 11.6. The van der Waals surface area contributed by atoms with Gasteiger partial charge in [0.2, 0.25) is 0 Å². The third-order valence-electron chi connectivity index (χ3n) is 2.44. The summed E-state index contributed by atoms with van der Waals surface area (Å²) in [5.41, 5.74) is 0.658. The number of hydrogen-bond donors (Lipinski definition) is 0. The SMILES string of the molecule is C=CC(=O)C1COC(=O)N1c1ccccc1. The monoisotopic (exact) mass is 217 g/mol. The molecule has 0 spiro atoms. The molecule has 1 aliphatic rings. The second-order valence-corrected chi connectivity index (χ2v) is 3.40. The van der Waals surface area contributed by atoms with Crippen LogP contribution in [0.15, 0.2) is 43.0 Å². The van der Waals surface area contributed by atoms with Gasteiger partial charge < -0.3 is 4.74 Å². The van der Waals surface area contributed by atoms with Gasteiger partial charge in [0.15, 0.2) is 5.78 Å². The van der Waals surface area contributed by atoms with Crippen molar-refractivity contribution in [2.75, 3.05) is 11.5 Å². The van der Waals surface area contributed by atoms with E-state index in [1.165, 1.54) is 11.0 Å². The molecule has 1 aliphatic heterocycles. The summed E-state index contributed by atoms with van der Waals surface area (Å²) >= 11 is 0. The normalized spacial score (nSPS) is 19.4. The van der Waals surface area contributed by atoms with Gasteiger partial charge in [-0.2, -0.15) is 0 Å². The number of ketones is 1. The lowest BCUT2D eigenvalue weighted by Gasteiger charge is -2.18. The van der Waals surface area contributed by atoms with E-state index in [0.717, 1.165) is 0 Å². The molecule has 16 heavy (non-hydrogen) atoms. The van der Waals surface area contributed by atoms with Crippen molar-refractivity contribution in [3.05, 3.63) is 43.0 Å². The number of ether oxygens (including phenoxy) is 1. The van der Waals surface area contributed by atoms with Crippen molar-refractivity contribution in [2.24, 2.45) is 0 Å². The molecule has 0 bridgehead atoms. The molecule has 0 aromatic heterocycles. The molecule has 1 unspecified atom stereocenters. The van der Waals surface area contributed by atoms with Crippen LogP contribution in [0.3, 0.4) is 0 Å². The number of hydrogen-bond acceptors (Lipinski definition) is 3. The lowest BCUT2D eigenvalue weighted by molar-refractivity contribution is -0.115. The van der Waals surface area contributed by atoms with Gasteiger partial charge in [0, 0.05) is 5.69 Å². The Balaban J connectivity index is 2.33. The van der Waals surface area contributed by atoms with Gasteiger partial charge in [0.1, 0.15) is 12.6 Å². The second-order valence-electron chi connectivity index (χ2n) is 3.40. The van der Waals surface area contributed by atoms with E-state index in [4.69, 9.17) is 4.74 Å². The zero-order chi connectivity index (χ0) is 11.5. The molecule has 1 atom stereocenters. The fourth-order valence-electron chi connectivity index (χ4n) is 1.64. The maximum atomic E-state index is 11.6. The largest absolute Gasteiger partial charge is 0.446 e. The van der Waals surface area contributed by atoms with E-state index in [-0.39, 0.29) is 12.4 Å². The Bertz CT molecular complexity index is 427. The van der Waals surface area contributed by atoms with E-state index in [1.807, 2.05) is 6.07 Å². The van der Waals surface area contributed by atoms with E-state index in [0.29, 0.717) is 5.69 Å². The van der Waals surface area contributed by atoms with Crippen LogP contribution >= 0.6 is 0 Å². The maximum Gasteiger partial charge on any atom is 0.415 e. The van der Waals surface area contributed by atoms with Crippen molar-refractivity contribution in [1.29, 1.82) is 0 Å². The summed E-state index contributed by atoms with van der Waals surface area (Å²) in [7, 11) is 0. The number of carbonyl (C=O) groups excluding carboxylic acids is 2. The van der Waals surface area contributed by atoms with Gasteiger partial charge in [0.05, 0.1) is 0 Å². The van der Waals surface area contributed by atoms with Crippen molar-refractivity contribution >= 4 is 17.6 Å². The van der Waals surface area contributed by atoms with Gasteiger partial charge in [-0.05, 0) is 18.2 Å². The number of cyclic esters (lactones) is 1. The molecule has 4 nitrogen and oxygen atoms in total. The summed E-state index contributed by atoms with van der Waals surface area (Å²) in [6, 6.07) is 8.38. The van der Waals surface area contributed by atoms with Crippen molar-refractivity contribution in [1.82, 2.24) is 0 Å². The molecule has 1 fully saturated rings. The Kier molecular flexibility index (Phi) is 2.72. The highest BCUT2D eigenvalue weighted by Gasteiger charge is 2.37. The van der Waals surface area contributed by atoms with Crippen molar-refractivity contribution < 1.29 is 14.3 Å². The molecular formula is C12H11NO3. The Labute approximate surface area is 93.1 Å². The molecule has 0 saturated carbocycles. The Morgan fingerprint density at radius 3 is 2.75 bits per heavy atom. The van der Waals surface area contributed by atoms with Gasteiger partial charge in [-0.15, -0.1) is 0 Å². The smallest absolute Gasteiger partial charge is 0.415 e. The summed E-state index contributed by atoms with van der Waals surface area (Å²) in [6.45, 7) is 3.50. The first kappa shape index (κ1) is 10.4. The fourth-order valence-corrected chi connectivity index (χ4v) is 1.64. The van der Waals surface area contributed by atoms with Crippen molar-refractivity contribution in [3.8, 4) is 0 Å². The molecule has 0 aliphatic carbocycles. The van der Waals surface area contributed by atoms with Crippen LogP contribution in [0.2, 0.25) is 0 Å². The first-order chi connectivity index (χ1) is 7.74. The molecule has 1 aromatic carbocycles. The number of carbonyl (C=O) groups is 2. The van der Waals surface area contributed by atoms with E-state index < -0.39 is 12.1 Å². The first-order valence-corrected chi connectivity index (χ1v) is 4.91. The number of nitrogens with zero attached hydrogens (tertiary/aromatic N) is 1. The molecule has 1 aromatic rings. The third-order valence-corrected chi connectivity index (χ3v) is 2.44. The molecular weight excluding hydrogens is 206 g/mol. The average molecular weight is 217 g/mol. The van der Waals surface area contributed by atoms with E-state index in [1.54, 1.807) is 24.3 Å². The summed E-state index contributed by atoms with van der Waals surface area (Å²) in [6.07, 6.45) is 0.717. The van der Waals surface area contributed by atoms with Gasteiger partial charge in [-0.3, -0.25) is 9.69 Å². The average Bonchev–Trinajstić information content (AvgIpc) is 2.71. The van der Waals surface area contributed by atoms with Gasteiger partial charge in [-0.1, -0.05) is 24.8 Å². The summed E-state index contributed by atoms with van der Waals surface area (Å²) in [5.74, 6) is -0.213. The topological polar surface area (TPSA) is 46.6 Å². The lowest BCUT2D eigenvalue weighted by atomic mass is 10.1. The fraction of sp³-hybridized carbons (Fsp3) is 0.167. The zero-order valence-electron chi connectivity index (χ0n) is 8.63. The van der Waals surface area contributed by atoms with Gasteiger partial charge in [-0.25, -0.2) is 4.79 Å². The van der Waals surface area contributed by atoms with Crippen molar-refractivity contribution in [3.63, 3.8) is 0 Å². The molecule has 0 N–H and O–H groups in total. The van der Waals surface area contributed by atoms with E-state index >= 15 is 0 Å². The summed E-state index contributed by atoms with van der Waals surface area (Å²) in [4.78, 5) is 24.4. The van der Waals surface area contributed by atoms with E-state index in [2.05, 4.69) is 6.58 Å². The van der Waals surface area contributed by atoms with Gasteiger partial charge in [0.25, 0.3) is 0 Å². The Morgan fingerprint density at radius 1 is 1.44 bits per heavy atom. The number of rotatable bonds is 3. The van der Waals surface area contributed by atoms with Crippen LogP contribution in [0.1, 0.15) is 0 Å². The Hall–Kier alpha value is -2.10. The summed E-state index contributed by atoms with van der Waals surface area (Å²) < 4.78 is 4.87. The molecule has 0 radical (unpaired) electrons. The molecule has 4 heteroatoms. The molecule has 1 saturated heterocycles. The number of amides is 1. The van der Waals surface area contributed by atoms with Crippen LogP contribution in [0, 0.1) is 0 Å². The van der Waals surface area contributed by atoms with Crippen LogP contribution in [-0.2, 0) is 9.53 Å². The van der Waals surface area contributed by atoms with Gasteiger partial charge >= 0.3 is 6.09 Å². The first-order valence-electron chi connectivity index (χ1n) is 4.91. The zero-order valence-corrected chi connectivity index (χ0v) is 8.63. The number of benzene rings is 1. The minimum absolute atomic E-state index is 0.0819. The van der Waals surface area contributed by atoms with Crippen molar-refractivity contribution in [2.45, 2.75) is 6.04 Å². The number of para-hydroxylation sites is 1. The molecule has 82 valence electrons. The second kappa shape index (κ2) is 4.18. The molecule has 2 rings (SSSR count). The van der Waals surface area contributed by atoms with Crippen LogP contribution in [0.5, 0.6) is 0 Å². The van der Waals surface area contributed by atoms with Crippen LogP contribution in [0.4, 0.5) is 10.5 Å². The molecule has 1 heterocycles. The number of anilines is 1. The third kappa shape index (κ3) is 1.69. The van der Waals surface area contributed by atoms with E-state index in [9.17, 15) is 9.59 Å². The molecule has 1 amide bonds. The van der Waals surface area contributed by atoms with Crippen LogP contribution in [-0.4, -0.2) is 24.5 Å². The van der Waals surface area contributed by atoms with Crippen LogP contribution < -0.4 is 4.90 Å². The lowest BCUT2D eigenvalue weighted by Crippen LogP contribution is -2.38. The predicted octanol–water partition coefficient (Wildman–Crippen LogP) is 1.77. The highest BCUT2D eigenvalue weighted by atomic mass is 16.6. The summed E-state index contributed by atoms with van der Waals surface area (Å²) in [5, 5.41) is 0. The van der Waals surface area contributed by atoms with Crippen LogP contribution in [0.25, 0.3) is 0 Å². The standard InChI is InChI=1S/C12H11NO3/c1-2-11(14)10-8-16-12(15)13(10)9-6-4-3-5-7-9/h2-7,10H,1,8H2. The highest BCUT2D eigenvalue weighted by molar-refractivity contribution is 6.04. The quantitative estimate of drug-likeness (QED) is 0.725. The highest BCUT2D eigenvalue weighted by Crippen LogP contribution is 2.23. The Morgan fingerprint density at radius 2 is 2.12 bits per heavy atom.